The van der Waals surface area contributed by atoms with E-state index in [4.69, 9.17) is 19.4 Å². The molecule has 31 heavy (non-hydrogen) atoms. The summed E-state index contributed by atoms with van der Waals surface area (Å²) in [4.78, 5) is 34.3. The van der Waals surface area contributed by atoms with Crippen LogP contribution < -0.4 is 10.1 Å². The van der Waals surface area contributed by atoms with Crippen molar-refractivity contribution >= 4 is 18.3 Å². The molecule has 1 aromatic rings. The summed E-state index contributed by atoms with van der Waals surface area (Å²) in [5.74, 6) is 1.06. The second kappa shape index (κ2) is 10.6. The molecule has 170 valence electrons. The van der Waals surface area contributed by atoms with Gasteiger partial charge in [0, 0.05) is 19.1 Å². The Hall–Kier alpha value is -2.65. The van der Waals surface area contributed by atoms with Gasteiger partial charge in [0.05, 0.1) is 25.3 Å². The fourth-order valence-corrected chi connectivity index (χ4v) is 4.44. The van der Waals surface area contributed by atoms with Gasteiger partial charge in [0.25, 0.3) is 6.47 Å². The van der Waals surface area contributed by atoms with E-state index in [0.29, 0.717) is 42.2 Å². The van der Waals surface area contributed by atoms with Crippen molar-refractivity contribution in [2.75, 3.05) is 26.7 Å². The van der Waals surface area contributed by atoms with Crippen LogP contribution in [0.3, 0.4) is 0 Å². The van der Waals surface area contributed by atoms with Gasteiger partial charge in [0.15, 0.2) is 0 Å². The maximum Gasteiger partial charge on any atom is 0.337 e. The Morgan fingerprint density at radius 2 is 1.90 bits per heavy atom. The van der Waals surface area contributed by atoms with Gasteiger partial charge in [-0.1, -0.05) is 6.07 Å². The molecule has 1 saturated heterocycles. The minimum Gasteiger partial charge on any atom is -0.488 e. The lowest BCUT2D eigenvalue weighted by Crippen LogP contribution is -2.42. The van der Waals surface area contributed by atoms with Gasteiger partial charge >= 0.3 is 5.97 Å². The lowest BCUT2D eigenvalue weighted by Gasteiger charge is -2.35. The van der Waals surface area contributed by atoms with Crippen molar-refractivity contribution in [2.24, 2.45) is 11.8 Å². The molecule has 9 heteroatoms. The number of benzene rings is 1. The summed E-state index contributed by atoms with van der Waals surface area (Å²) in [6.07, 6.45) is 2.75. The molecule has 1 amide bonds. The van der Waals surface area contributed by atoms with E-state index in [1.54, 1.807) is 24.3 Å². The first-order valence-electron chi connectivity index (χ1n) is 10.6. The van der Waals surface area contributed by atoms with Crippen LogP contribution in [0.5, 0.6) is 5.75 Å². The second-order valence-electron chi connectivity index (χ2n) is 8.38. The Labute approximate surface area is 181 Å². The molecule has 1 heterocycles. The van der Waals surface area contributed by atoms with E-state index in [9.17, 15) is 14.7 Å². The minimum atomic E-state index is -0.553. The molecule has 0 radical (unpaired) electrons. The van der Waals surface area contributed by atoms with Gasteiger partial charge in [-0.15, -0.1) is 0 Å². The summed E-state index contributed by atoms with van der Waals surface area (Å²) in [7, 11) is 1.34. The minimum absolute atomic E-state index is 0.106. The highest BCUT2D eigenvalue weighted by Gasteiger charge is 2.43. The quantitative estimate of drug-likeness (QED) is 0.446. The third kappa shape index (κ3) is 6.41. The molecule has 4 rings (SSSR count). The van der Waals surface area contributed by atoms with Gasteiger partial charge in [0.1, 0.15) is 11.9 Å². The average molecular weight is 434 g/mol. The molecular formula is C22H30N2O7. The number of nitrogens with zero attached hydrogens (tertiary/aromatic N) is 1. The highest BCUT2D eigenvalue weighted by Crippen LogP contribution is 2.38. The van der Waals surface area contributed by atoms with E-state index in [1.165, 1.54) is 7.11 Å². The molecule has 0 spiro atoms. The van der Waals surface area contributed by atoms with Crippen LogP contribution in [-0.2, 0) is 14.3 Å². The molecule has 2 aliphatic carbocycles. The van der Waals surface area contributed by atoms with Crippen molar-refractivity contribution in [1.29, 1.82) is 0 Å². The van der Waals surface area contributed by atoms with Crippen molar-refractivity contribution in [1.82, 2.24) is 10.2 Å². The number of ether oxygens (including phenoxy) is 2. The van der Waals surface area contributed by atoms with E-state index < -0.39 is 12.1 Å². The van der Waals surface area contributed by atoms with Crippen LogP contribution in [-0.4, -0.2) is 78.5 Å². The normalized spacial score (nSPS) is 27.3. The van der Waals surface area contributed by atoms with E-state index >= 15 is 0 Å². The molecule has 3 fully saturated rings. The Morgan fingerprint density at radius 1 is 1.23 bits per heavy atom. The van der Waals surface area contributed by atoms with Gasteiger partial charge < -0.3 is 25.0 Å². The molecule has 3 N–H and O–H groups in total. The maximum atomic E-state index is 12.1. The van der Waals surface area contributed by atoms with Gasteiger partial charge in [-0.05, 0) is 55.7 Å². The van der Waals surface area contributed by atoms with Crippen LogP contribution in [0.15, 0.2) is 24.3 Å². The molecule has 3 aliphatic rings. The van der Waals surface area contributed by atoms with E-state index in [2.05, 4.69) is 10.2 Å². The topological polar surface area (TPSA) is 125 Å². The first kappa shape index (κ1) is 23.0. The number of methoxy groups -OCH3 is 1. The number of hydrogen-bond donors (Lipinski definition) is 3. The number of esters is 1. The fourth-order valence-electron chi connectivity index (χ4n) is 4.44. The predicted octanol–water partition coefficient (Wildman–Crippen LogP) is 0.903. The molecular weight excluding hydrogens is 404 g/mol. The molecule has 9 nitrogen and oxygen atoms in total. The smallest absolute Gasteiger partial charge is 0.337 e. The Balaban J connectivity index is 0.000000858. The highest BCUT2D eigenvalue weighted by molar-refractivity contribution is 5.89. The summed E-state index contributed by atoms with van der Waals surface area (Å²) in [5, 5.41) is 20.5. The number of nitrogens with one attached hydrogen (secondary N) is 1. The molecule has 0 unspecified atom stereocenters. The number of carboxylic acid groups (broad SMARTS) is 1. The number of carbonyl (C=O) groups is 3. The molecule has 1 aromatic carbocycles. The lowest BCUT2D eigenvalue weighted by atomic mass is 9.78. The maximum absolute atomic E-state index is 12.1. The van der Waals surface area contributed by atoms with E-state index in [0.717, 1.165) is 32.4 Å². The third-order valence-corrected chi connectivity index (χ3v) is 6.01. The second-order valence-corrected chi connectivity index (χ2v) is 8.38. The van der Waals surface area contributed by atoms with Gasteiger partial charge in [-0.3, -0.25) is 14.5 Å². The number of likely N-dealkylation sites (tertiary alicyclic amines) is 1. The summed E-state index contributed by atoms with van der Waals surface area (Å²) < 4.78 is 10.8. The average Bonchev–Trinajstić information content (AvgIpc) is 3.47. The molecule has 4 atom stereocenters. The van der Waals surface area contributed by atoms with Crippen molar-refractivity contribution in [3.63, 3.8) is 0 Å². The van der Waals surface area contributed by atoms with Crippen LogP contribution in [0, 0.1) is 11.8 Å². The van der Waals surface area contributed by atoms with Crippen LogP contribution >= 0.6 is 0 Å². The van der Waals surface area contributed by atoms with Crippen molar-refractivity contribution in [2.45, 2.75) is 43.9 Å². The zero-order valence-electron chi connectivity index (χ0n) is 17.6. The fraction of sp³-hybridized carbons (Fsp3) is 0.591. The zero-order valence-corrected chi connectivity index (χ0v) is 17.6. The Morgan fingerprint density at radius 3 is 2.55 bits per heavy atom. The van der Waals surface area contributed by atoms with Crippen LogP contribution in [0.2, 0.25) is 0 Å². The summed E-state index contributed by atoms with van der Waals surface area (Å²) in [5.41, 5.74) is 0.428. The molecule has 0 bridgehead atoms. The number of amides is 1. The number of rotatable bonds is 6. The molecule has 2 saturated carbocycles. The van der Waals surface area contributed by atoms with Crippen molar-refractivity contribution in [3.8, 4) is 5.75 Å². The number of aliphatic hydroxyl groups is 1. The van der Waals surface area contributed by atoms with Crippen LogP contribution in [0.4, 0.5) is 0 Å². The Kier molecular flexibility index (Phi) is 7.86. The van der Waals surface area contributed by atoms with Gasteiger partial charge in [0.2, 0.25) is 5.91 Å². The first-order chi connectivity index (χ1) is 14.9. The first-order valence-corrected chi connectivity index (χ1v) is 10.6. The standard InChI is InChI=1S/C21H28N2O5.CH2O2/c1-27-21(26)13-3-2-4-17(7-13)28-19-9-15-11-23(10-14(15)8-18(19)24)12-20(25)22-16-5-6-16;2-1-3/h2-4,7,14-16,18-19,24H,5-6,8-12H2,1H3,(H,22,25);1H,(H,2,3)/t14-,15+,18+,19+;/m0./s1. The van der Waals surface area contributed by atoms with Gasteiger partial charge in [-0.2, -0.15) is 0 Å². The highest BCUT2D eigenvalue weighted by atomic mass is 16.5. The van der Waals surface area contributed by atoms with Crippen molar-refractivity contribution in [3.05, 3.63) is 29.8 Å². The summed E-state index contributed by atoms with van der Waals surface area (Å²) in [6.45, 7) is 1.90. The van der Waals surface area contributed by atoms with E-state index in [-0.39, 0.29) is 18.5 Å². The van der Waals surface area contributed by atoms with Crippen LogP contribution in [0.25, 0.3) is 0 Å². The van der Waals surface area contributed by atoms with Crippen LogP contribution in [0.1, 0.15) is 36.0 Å². The predicted molar refractivity (Wildman–Crippen MR) is 111 cm³/mol. The number of fused-ring (bicyclic) bond motifs is 1. The summed E-state index contributed by atoms with van der Waals surface area (Å²) in [6, 6.07) is 7.24. The number of carbonyl (C=O) groups excluding carboxylic acids is 2. The lowest BCUT2D eigenvalue weighted by molar-refractivity contribution is -0.123. The SMILES string of the molecule is COC(=O)c1cccc(O[C@@H]2C[C@@H]3CN(CC(=O)NC4CC4)C[C@@H]3C[C@H]2O)c1.O=CO. The molecule has 0 aromatic heterocycles. The van der Waals surface area contributed by atoms with Gasteiger partial charge in [-0.25, -0.2) is 4.79 Å². The van der Waals surface area contributed by atoms with E-state index in [1.807, 2.05) is 0 Å². The molecule has 1 aliphatic heterocycles. The number of hydrogen-bond acceptors (Lipinski definition) is 7. The van der Waals surface area contributed by atoms with Crippen molar-refractivity contribution < 1.29 is 34.1 Å². The number of aliphatic hydroxyl groups excluding tert-OH is 1. The monoisotopic (exact) mass is 434 g/mol. The Bertz CT molecular complexity index is 783. The largest absolute Gasteiger partial charge is 0.488 e. The zero-order chi connectivity index (χ0) is 22.4. The third-order valence-electron chi connectivity index (χ3n) is 6.01. The summed E-state index contributed by atoms with van der Waals surface area (Å²) >= 11 is 0.